The number of ether oxygens (including phenoxy) is 1. The second-order valence-electron chi connectivity index (χ2n) is 5.20. The van der Waals surface area contributed by atoms with Gasteiger partial charge in [0.25, 0.3) is 5.56 Å². The monoisotopic (exact) mass is 378 g/mol. The highest BCUT2D eigenvalue weighted by molar-refractivity contribution is 9.10. The topological polar surface area (TPSA) is 60.3 Å². The summed E-state index contributed by atoms with van der Waals surface area (Å²) in [6.07, 6.45) is 1.68. The number of hydrogen-bond acceptors (Lipinski definition) is 3. The van der Waals surface area contributed by atoms with Gasteiger partial charge in [-0.25, -0.2) is 0 Å². The molecule has 0 saturated heterocycles. The minimum atomic E-state index is -0.620. The van der Waals surface area contributed by atoms with E-state index >= 15 is 0 Å². The highest BCUT2D eigenvalue weighted by atomic mass is 79.9. The number of aryl methyl sites for hydroxylation is 1. The van der Waals surface area contributed by atoms with E-state index in [1.54, 1.807) is 43.5 Å². The Morgan fingerprint density at radius 1 is 1.35 bits per heavy atom. The normalized spacial score (nSPS) is 11.8. The summed E-state index contributed by atoms with van der Waals surface area (Å²) in [5.41, 5.74) is 1.33. The fraction of sp³-hybridized carbons (Fsp3) is 0.294. The molecule has 2 rings (SSSR count). The molecular formula is C17H19BrN2O3. The lowest BCUT2D eigenvalue weighted by Crippen LogP contribution is -2.31. The molecule has 23 heavy (non-hydrogen) atoms. The van der Waals surface area contributed by atoms with Crippen molar-refractivity contribution in [3.05, 3.63) is 56.9 Å². The quantitative estimate of drug-likeness (QED) is 0.865. The van der Waals surface area contributed by atoms with E-state index in [0.29, 0.717) is 16.8 Å². The first-order chi connectivity index (χ1) is 10.9. The van der Waals surface area contributed by atoms with Crippen molar-refractivity contribution in [2.75, 3.05) is 11.9 Å². The lowest BCUT2D eigenvalue weighted by molar-refractivity contribution is -0.118. The van der Waals surface area contributed by atoms with E-state index in [1.165, 1.54) is 4.57 Å². The van der Waals surface area contributed by atoms with Gasteiger partial charge in [-0.3, -0.25) is 9.59 Å². The van der Waals surface area contributed by atoms with Crippen LogP contribution in [-0.4, -0.2) is 17.1 Å². The molecule has 0 bridgehead atoms. The minimum Gasteiger partial charge on any atom is -0.494 e. The summed E-state index contributed by atoms with van der Waals surface area (Å²) in [6.45, 7) is 6.07. The maximum Gasteiger partial charge on any atom is 0.265 e. The summed E-state index contributed by atoms with van der Waals surface area (Å²) in [7, 11) is 0. The number of carbonyl (C=O) groups is 1. The summed E-state index contributed by atoms with van der Waals surface area (Å²) >= 11 is 3.22. The summed E-state index contributed by atoms with van der Waals surface area (Å²) in [5.74, 6) is 0.492. The number of halogens is 1. The summed E-state index contributed by atoms with van der Waals surface area (Å²) in [6, 6.07) is 8.23. The molecule has 0 spiro atoms. The zero-order valence-corrected chi connectivity index (χ0v) is 14.9. The second-order valence-corrected chi connectivity index (χ2v) is 6.05. The van der Waals surface area contributed by atoms with Crippen molar-refractivity contribution in [3.8, 4) is 5.75 Å². The van der Waals surface area contributed by atoms with Crippen LogP contribution in [0.2, 0.25) is 0 Å². The lowest BCUT2D eigenvalue weighted by Gasteiger charge is -2.16. The van der Waals surface area contributed by atoms with Crippen LogP contribution in [0.1, 0.15) is 25.5 Å². The molecule has 0 aliphatic carbocycles. The van der Waals surface area contributed by atoms with Crippen LogP contribution >= 0.6 is 15.9 Å². The zero-order chi connectivity index (χ0) is 17.0. The Balaban J connectivity index is 2.15. The zero-order valence-electron chi connectivity index (χ0n) is 13.3. The lowest BCUT2D eigenvalue weighted by atomic mass is 10.2. The highest BCUT2D eigenvalue weighted by Crippen LogP contribution is 2.17. The Hall–Kier alpha value is -2.08. The third-order valence-corrected chi connectivity index (χ3v) is 3.93. The number of anilines is 1. The van der Waals surface area contributed by atoms with Gasteiger partial charge in [-0.1, -0.05) is 0 Å². The van der Waals surface area contributed by atoms with Gasteiger partial charge >= 0.3 is 0 Å². The predicted molar refractivity (Wildman–Crippen MR) is 94.1 cm³/mol. The number of carbonyl (C=O) groups excluding carboxylic acids is 1. The van der Waals surface area contributed by atoms with Crippen LogP contribution in [0.15, 0.2) is 45.8 Å². The largest absolute Gasteiger partial charge is 0.494 e. The van der Waals surface area contributed by atoms with Crippen LogP contribution in [-0.2, 0) is 4.79 Å². The molecule has 1 aromatic heterocycles. The molecule has 0 radical (unpaired) electrons. The van der Waals surface area contributed by atoms with Gasteiger partial charge in [0, 0.05) is 11.9 Å². The number of benzene rings is 1. The molecule has 6 heteroatoms. The van der Waals surface area contributed by atoms with Crippen molar-refractivity contribution < 1.29 is 9.53 Å². The maximum absolute atomic E-state index is 12.4. The van der Waals surface area contributed by atoms with E-state index in [4.69, 9.17) is 4.74 Å². The van der Waals surface area contributed by atoms with E-state index in [-0.39, 0.29) is 11.5 Å². The number of aromatic nitrogens is 1. The first-order valence-corrected chi connectivity index (χ1v) is 8.13. The highest BCUT2D eigenvalue weighted by Gasteiger charge is 2.17. The number of nitrogens with zero attached hydrogens (tertiary/aromatic N) is 1. The van der Waals surface area contributed by atoms with Gasteiger partial charge in [0.2, 0.25) is 5.91 Å². The van der Waals surface area contributed by atoms with Crippen LogP contribution in [0, 0.1) is 6.92 Å². The molecule has 1 atom stereocenters. The van der Waals surface area contributed by atoms with Crippen LogP contribution < -0.4 is 15.6 Å². The molecule has 0 saturated carbocycles. The van der Waals surface area contributed by atoms with E-state index in [9.17, 15) is 9.59 Å². The van der Waals surface area contributed by atoms with Crippen LogP contribution in [0.5, 0.6) is 5.75 Å². The number of amides is 1. The number of nitrogens with one attached hydrogen (secondary N) is 1. The second kappa shape index (κ2) is 7.46. The average Bonchev–Trinajstić information content (AvgIpc) is 2.52. The Morgan fingerprint density at radius 3 is 2.61 bits per heavy atom. The van der Waals surface area contributed by atoms with Crippen molar-refractivity contribution in [3.63, 3.8) is 0 Å². The molecule has 1 unspecified atom stereocenters. The molecule has 1 amide bonds. The molecule has 0 aliphatic rings. The number of rotatable bonds is 5. The molecule has 5 nitrogen and oxygen atoms in total. The molecular weight excluding hydrogens is 360 g/mol. The van der Waals surface area contributed by atoms with Gasteiger partial charge in [0.1, 0.15) is 11.8 Å². The molecule has 122 valence electrons. The summed E-state index contributed by atoms with van der Waals surface area (Å²) < 4.78 is 7.22. The molecule has 0 aliphatic heterocycles. The first-order valence-electron chi connectivity index (χ1n) is 7.34. The number of pyridine rings is 1. The van der Waals surface area contributed by atoms with Crippen LogP contribution in [0.3, 0.4) is 0 Å². The van der Waals surface area contributed by atoms with Gasteiger partial charge < -0.3 is 14.6 Å². The maximum atomic E-state index is 12.4. The summed E-state index contributed by atoms with van der Waals surface area (Å²) in [4.78, 5) is 24.5. The average molecular weight is 379 g/mol. The van der Waals surface area contributed by atoms with E-state index in [2.05, 4.69) is 21.2 Å². The van der Waals surface area contributed by atoms with Crippen LogP contribution in [0.4, 0.5) is 5.69 Å². The molecule has 0 fully saturated rings. The predicted octanol–water partition coefficient (Wildman–Crippen LogP) is 3.52. The van der Waals surface area contributed by atoms with E-state index < -0.39 is 6.04 Å². The van der Waals surface area contributed by atoms with Gasteiger partial charge in [0.05, 0.1) is 11.1 Å². The van der Waals surface area contributed by atoms with E-state index in [1.807, 2.05) is 13.8 Å². The Labute approximate surface area is 143 Å². The Bertz CT molecular complexity index is 753. The molecule has 1 heterocycles. The smallest absolute Gasteiger partial charge is 0.265 e. The van der Waals surface area contributed by atoms with Gasteiger partial charge in [0.15, 0.2) is 0 Å². The fourth-order valence-electron chi connectivity index (χ4n) is 2.16. The van der Waals surface area contributed by atoms with Gasteiger partial charge in [-0.2, -0.15) is 0 Å². The van der Waals surface area contributed by atoms with Gasteiger partial charge in [-0.05, 0) is 72.6 Å². The van der Waals surface area contributed by atoms with Crippen molar-refractivity contribution >= 4 is 27.5 Å². The molecule has 2 aromatic rings. The van der Waals surface area contributed by atoms with E-state index in [0.717, 1.165) is 11.3 Å². The number of hydrogen-bond donors (Lipinski definition) is 1. The third-order valence-electron chi connectivity index (χ3n) is 3.37. The summed E-state index contributed by atoms with van der Waals surface area (Å²) in [5, 5.41) is 2.81. The Morgan fingerprint density at radius 2 is 2.00 bits per heavy atom. The van der Waals surface area contributed by atoms with Gasteiger partial charge in [-0.15, -0.1) is 0 Å². The SMILES string of the molecule is CCOc1ccc(NC(=O)C(C)n2cc(C)cc(Br)c2=O)cc1. The van der Waals surface area contributed by atoms with Crippen molar-refractivity contribution in [2.45, 2.75) is 26.8 Å². The fourth-order valence-corrected chi connectivity index (χ4v) is 2.73. The molecule has 1 N–H and O–H groups in total. The Kier molecular flexibility index (Phi) is 5.60. The first kappa shape index (κ1) is 17.3. The minimum absolute atomic E-state index is 0.232. The van der Waals surface area contributed by atoms with Crippen molar-refractivity contribution in [2.24, 2.45) is 0 Å². The third kappa shape index (κ3) is 4.22. The standard InChI is InChI=1S/C17H19BrN2O3/c1-4-23-14-7-5-13(6-8-14)19-16(21)12(3)20-10-11(2)9-15(18)17(20)22/h5-10,12H,4H2,1-3H3,(H,19,21). The molecule has 1 aromatic carbocycles. The van der Waals surface area contributed by atoms with Crippen molar-refractivity contribution in [1.82, 2.24) is 4.57 Å². The van der Waals surface area contributed by atoms with Crippen LogP contribution in [0.25, 0.3) is 0 Å². The van der Waals surface area contributed by atoms with Crippen molar-refractivity contribution in [1.29, 1.82) is 0 Å².